The number of hydrogen-bond acceptors (Lipinski definition) is 4. The summed E-state index contributed by atoms with van der Waals surface area (Å²) in [6.45, 7) is 3.81. The van der Waals surface area contributed by atoms with E-state index in [0.29, 0.717) is 11.5 Å². The van der Waals surface area contributed by atoms with E-state index in [4.69, 9.17) is 4.74 Å². The van der Waals surface area contributed by atoms with E-state index >= 15 is 0 Å². The van der Waals surface area contributed by atoms with Crippen LogP contribution >= 0.6 is 0 Å². The van der Waals surface area contributed by atoms with Crippen molar-refractivity contribution in [2.75, 3.05) is 0 Å². The van der Waals surface area contributed by atoms with Crippen LogP contribution in [0.15, 0.2) is 42.9 Å². The molecule has 0 unspecified atom stereocenters. The van der Waals surface area contributed by atoms with Gasteiger partial charge in [0.1, 0.15) is 11.9 Å². The van der Waals surface area contributed by atoms with Crippen LogP contribution in [0.25, 0.3) is 5.52 Å². The highest BCUT2D eigenvalue weighted by Crippen LogP contribution is 2.40. The predicted molar refractivity (Wildman–Crippen MR) is 90.0 cm³/mol. The Balaban J connectivity index is 1.64. The number of ether oxygens (including phenoxy) is 1. The summed E-state index contributed by atoms with van der Waals surface area (Å²) in [7, 11) is 0. The lowest BCUT2D eigenvalue weighted by atomic mass is 10.1. The Morgan fingerprint density at radius 1 is 1.29 bits per heavy atom. The van der Waals surface area contributed by atoms with Gasteiger partial charge in [0.25, 0.3) is 0 Å². The molecule has 1 fully saturated rings. The summed E-state index contributed by atoms with van der Waals surface area (Å²) in [5, 5.41) is 0. The molecule has 0 amide bonds. The number of carbonyl (C=O) groups excluding carboxylic acids is 1. The maximum absolute atomic E-state index is 12.6. The van der Waals surface area contributed by atoms with Gasteiger partial charge in [0.2, 0.25) is 0 Å². The zero-order chi connectivity index (χ0) is 16.7. The number of carbonyl (C=O) groups is 1. The van der Waals surface area contributed by atoms with Gasteiger partial charge in [0.15, 0.2) is 0 Å². The molecule has 122 valence electrons. The standard InChI is InChI=1S/C19H19N3O2/c1-12-17(19(23)24-13(2)15-4-3-9-20-10-15)8-7-16-11-21-18(22(12)16)14-5-6-14/h3-4,7-11,13-14H,5-6H2,1-2H3/t13-/m0/s1. The third-order valence-electron chi connectivity index (χ3n) is 4.56. The van der Waals surface area contributed by atoms with Gasteiger partial charge < -0.3 is 4.74 Å². The second-order valence-electron chi connectivity index (χ2n) is 6.32. The maximum atomic E-state index is 12.6. The third kappa shape index (κ3) is 2.56. The fraction of sp³-hybridized carbons (Fsp3) is 0.316. The van der Waals surface area contributed by atoms with Crippen molar-refractivity contribution in [2.45, 2.75) is 38.7 Å². The number of aromatic nitrogens is 3. The second-order valence-corrected chi connectivity index (χ2v) is 6.32. The van der Waals surface area contributed by atoms with Crippen LogP contribution < -0.4 is 0 Å². The van der Waals surface area contributed by atoms with Gasteiger partial charge in [-0.25, -0.2) is 9.78 Å². The lowest BCUT2D eigenvalue weighted by Gasteiger charge is -2.15. The molecule has 5 nitrogen and oxygen atoms in total. The smallest absolute Gasteiger partial charge is 0.340 e. The van der Waals surface area contributed by atoms with Crippen LogP contribution in [-0.4, -0.2) is 20.3 Å². The molecule has 0 saturated heterocycles. The van der Waals surface area contributed by atoms with Gasteiger partial charge in [0, 0.05) is 29.6 Å². The molecule has 1 aliphatic rings. The van der Waals surface area contributed by atoms with Crippen molar-refractivity contribution in [1.29, 1.82) is 0 Å². The van der Waals surface area contributed by atoms with Crippen molar-refractivity contribution >= 4 is 11.5 Å². The average molecular weight is 321 g/mol. The lowest BCUT2D eigenvalue weighted by Crippen LogP contribution is -2.13. The molecule has 0 aromatic carbocycles. The minimum atomic E-state index is -0.341. The largest absolute Gasteiger partial charge is 0.454 e. The fourth-order valence-corrected chi connectivity index (χ4v) is 3.03. The van der Waals surface area contributed by atoms with Crippen LogP contribution in [0.2, 0.25) is 0 Å². The van der Waals surface area contributed by atoms with Gasteiger partial charge in [-0.2, -0.15) is 0 Å². The highest BCUT2D eigenvalue weighted by atomic mass is 16.5. The first-order valence-electron chi connectivity index (χ1n) is 8.23. The van der Waals surface area contributed by atoms with E-state index < -0.39 is 0 Å². The first-order chi connectivity index (χ1) is 11.6. The summed E-state index contributed by atoms with van der Waals surface area (Å²) >= 11 is 0. The number of rotatable bonds is 4. The zero-order valence-electron chi connectivity index (χ0n) is 13.8. The van der Waals surface area contributed by atoms with Crippen LogP contribution in [0.5, 0.6) is 0 Å². The van der Waals surface area contributed by atoms with Gasteiger partial charge in [0.05, 0.1) is 17.3 Å². The van der Waals surface area contributed by atoms with Gasteiger partial charge in [-0.05, 0) is 44.9 Å². The van der Waals surface area contributed by atoms with Crippen LogP contribution in [0.1, 0.15) is 59.2 Å². The highest BCUT2D eigenvalue weighted by Gasteiger charge is 2.29. The minimum absolute atomic E-state index is 0.318. The van der Waals surface area contributed by atoms with Crippen LogP contribution in [0.3, 0.4) is 0 Å². The molecule has 1 aliphatic carbocycles. The molecule has 0 bridgehead atoms. The molecular weight excluding hydrogens is 302 g/mol. The number of hydrogen-bond donors (Lipinski definition) is 0. The number of aryl methyl sites for hydroxylation is 1. The molecule has 3 aromatic heterocycles. The number of nitrogens with zero attached hydrogens (tertiary/aromatic N) is 3. The van der Waals surface area contributed by atoms with Crippen molar-refractivity contribution < 1.29 is 9.53 Å². The maximum Gasteiger partial charge on any atom is 0.340 e. The molecule has 5 heteroatoms. The van der Waals surface area contributed by atoms with Crippen molar-refractivity contribution in [3.63, 3.8) is 0 Å². The van der Waals surface area contributed by atoms with Gasteiger partial charge in [-0.15, -0.1) is 0 Å². The van der Waals surface area contributed by atoms with Gasteiger partial charge in [-0.3, -0.25) is 9.38 Å². The summed E-state index contributed by atoms with van der Waals surface area (Å²) < 4.78 is 7.72. The first-order valence-corrected chi connectivity index (χ1v) is 8.23. The van der Waals surface area contributed by atoms with Crippen molar-refractivity contribution in [3.05, 3.63) is 65.5 Å². The Morgan fingerprint density at radius 2 is 2.12 bits per heavy atom. The van der Waals surface area contributed by atoms with Crippen molar-refractivity contribution in [3.8, 4) is 0 Å². The monoisotopic (exact) mass is 321 g/mol. The number of imidazole rings is 1. The van der Waals surface area contributed by atoms with E-state index in [2.05, 4.69) is 14.4 Å². The average Bonchev–Trinajstić information content (AvgIpc) is 3.35. The van der Waals surface area contributed by atoms with E-state index in [0.717, 1.165) is 22.6 Å². The van der Waals surface area contributed by atoms with E-state index in [1.807, 2.05) is 44.3 Å². The number of esters is 1. The molecule has 3 aromatic rings. The Kier molecular flexibility index (Phi) is 3.56. The van der Waals surface area contributed by atoms with Gasteiger partial charge in [-0.1, -0.05) is 6.07 Å². The van der Waals surface area contributed by atoms with E-state index in [1.165, 1.54) is 12.8 Å². The Hall–Kier alpha value is -2.69. The van der Waals surface area contributed by atoms with Crippen molar-refractivity contribution in [2.24, 2.45) is 0 Å². The topological polar surface area (TPSA) is 56.5 Å². The molecule has 1 saturated carbocycles. The van der Waals surface area contributed by atoms with Crippen LogP contribution in [0, 0.1) is 6.92 Å². The van der Waals surface area contributed by atoms with Gasteiger partial charge >= 0.3 is 5.97 Å². The Morgan fingerprint density at radius 3 is 2.83 bits per heavy atom. The highest BCUT2D eigenvalue weighted by molar-refractivity contribution is 5.91. The Labute approximate surface area is 140 Å². The SMILES string of the molecule is Cc1c(C(=O)O[C@@H](C)c2cccnc2)ccc2cnc(C3CC3)n12. The molecule has 0 spiro atoms. The molecule has 1 atom stereocenters. The molecule has 4 rings (SSSR count). The number of fused-ring (bicyclic) bond motifs is 1. The number of pyridine rings is 2. The van der Waals surface area contributed by atoms with Crippen LogP contribution in [0.4, 0.5) is 0 Å². The minimum Gasteiger partial charge on any atom is -0.454 e. The second kappa shape index (κ2) is 5.74. The predicted octanol–water partition coefficient (Wildman–Crippen LogP) is 3.83. The molecule has 0 N–H and O–H groups in total. The summed E-state index contributed by atoms with van der Waals surface area (Å²) in [6.07, 6.45) is 7.29. The quantitative estimate of drug-likeness (QED) is 0.685. The van der Waals surface area contributed by atoms with E-state index in [1.54, 1.807) is 12.4 Å². The fourth-order valence-electron chi connectivity index (χ4n) is 3.03. The molecule has 0 aliphatic heterocycles. The normalized spacial score (nSPS) is 15.4. The summed E-state index contributed by atoms with van der Waals surface area (Å²) in [4.78, 5) is 21.2. The third-order valence-corrected chi connectivity index (χ3v) is 4.56. The first kappa shape index (κ1) is 14.9. The molecule has 3 heterocycles. The Bertz CT molecular complexity index is 898. The summed E-state index contributed by atoms with van der Waals surface area (Å²) in [6, 6.07) is 7.49. The van der Waals surface area contributed by atoms with E-state index in [-0.39, 0.29) is 12.1 Å². The molecule has 24 heavy (non-hydrogen) atoms. The zero-order valence-corrected chi connectivity index (χ0v) is 13.8. The molecular formula is C19H19N3O2. The summed E-state index contributed by atoms with van der Waals surface area (Å²) in [5.74, 6) is 1.26. The summed E-state index contributed by atoms with van der Waals surface area (Å²) in [5.41, 5.74) is 3.37. The van der Waals surface area contributed by atoms with Crippen molar-refractivity contribution in [1.82, 2.24) is 14.4 Å². The van der Waals surface area contributed by atoms with Crippen LogP contribution in [-0.2, 0) is 4.74 Å². The van der Waals surface area contributed by atoms with E-state index in [9.17, 15) is 4.79 Å². The lowest BCUT2D eigenvalue weighted by molar-refractivity contribution is 0.0335. The molecule has 0 radical (unpaired) electrons.